The summed E-state index contributed by atoms with van der Waals surface area (Å²) in [6.45, 7) is 4.22. The predicted octanol–water partition coefficient (Wildman–Crippen LogP) is 5.05. The molecule has 5 rings (SSSR count). The molecule has 32 heavy (non-hydrogen) atoms. The Bertz CT molecular complexity index is 1570. The molecule has 0 aliphatic carbocycles. The molecule has 160 valence electrons. The monoisotopic (exact) mass is 444 g/mol. The van der Waals surface area contributed by atoms with Crippen LogP contribution < -0.4 is 11.2 Å². The van der Waals surface area contributed by atoms with Gasteiger partial charge in [-0.2, -0.15) is 0 Å². The SMILES string of the molecule is Cc1ccc2c(CSc3nc4ccccc4c(=O)n3Cc3ccco3)cc(=O)oc2c1C. The molecule has 0 saturated carbocycles. The Hall–Kier alpha value is -3.58. The lowest BCUT2D eigenvalue weighted by Crippen LogP contribution is -2.23. The van der Waals surface area contributed by atoms with Crippen LogP contribution in [0.1, 0.15) is 22.5 Å². The summed E-state index contributed by atoms with van der Waals surface area (Å²) in [5.74, 6) is 1.14. The lowest BCUT2D eigenvalue weighted by Gasteiger charge is -2.13. The van der Waals surface area contributed by atoms with Crippen molar-refractivity contribution < 1.29 is 8.83 Å². The average molecular weight is 445 g/mol. The van der Waals surface area contributed by atoms with Gasteiger partial charge in [0.15, 0.2) is 5.16 Å². The quantitative estimate of drug-likeness (QED) is 0.214. The van der Waals surface area contributed by atoms with E-state index in [0.29, 0.717) is 33.2 Å². The fourth-order valence-electron chi connectivity index (χ4n) is 3.74. The average Bonchev–Trinajstić information content (AvgIpc) is 3.30. The number of furan rings is 1. The maximum Gasteiger partial charge on any atom is 0.336 e. The summed E-state index contributed by atoms with van der Waals surface area (Å²) in [7, 11) is 0. The Morgan fingerprint density at radius 3 is 2.66 bits per heavy atom. The highest BCUT2D eigenvalue weighted by atomic mass is 32.2. The first kappa shape index (κ1) is 20.3. The number of para-hydroxylation sites is 1. The molecule has 0 saturated heterocycles. The molecule has 0 aliphatic rings. The number of hydrogen-bond acceptors (Lipinski definition) is 6. The zero-order valence-electron chi connectivity index (χ0n) is 17.6. The molecule has 0 unspecified atom stereocenters. The van der Waals surface area contributed by atoms with E-state index in [9.17, 15) is 9.59 Å². The number of hydrogen-bond donors (Lipinski definition) is 0. The van der Waals surface area contributed by atoms with Crippen LogP contribution in [0.3, 0.4) is 0 Å². The van der Waals surface area contributed by atoms with Crippen LogP contribution in [0.4, 0.5) is 0 Å². The zero-order valence-corrected chi connectivity index (χ0v) is 18.4. The first-order valence-electron chi connectivity index (χ1n) is 10.2. The molecule has 0 spiro atoms. The van der Waals surface area contributed by atoms with Crippen molar-refractivity contribution >= 4 is 33.6 Å². The van der Waals surface area contributed by atoms with Crippen LogP contribution in [-0.2, 0) is 12.3 Å². The number of aryl methyl sites for hydroxylation is 2. The molecule has 0 radical (unpaired) electrons. The molecule has 7 heteroatoms. The van der Waals surface area contributed by atoms with Gasteiger partial charge in [0, 0.05) is 17.2 Å². The van der Waals surface area contributed by atoms with E-state index in [1.165, 1.54) is 17.8 Å². The number of rotatable bonds is 5. The van der Waals surface area contributed by atoms with Crippen molar-refractivity contribution in [2.45, 2.75) is 31.3 Å². The van der Waals surface area contributed by atoms with Crippen molar-refractivity contribution in [3.63, 3.8) is 0 Å². The van der Waals surface area contributed by atoms with Gasteiger partial charge in [-0.15, -0.1) is 0 Å². The maximum absolute atomic E-state index is 13.2. The van der Waals surface area contributed by atoms with Crippen LogP contribution in [0.25, 0.3) is 21.9 Å². The summed E-state index contributed by atoms with van der Waals surface area (Å²) in [6.07, 6.45) is 1.58. The summed E-state index contributed by atoms with van der Waals surface area (Å²) >= 11 is 1.41. The lowest BCUT2D eigenvalue weighted by atomic mass is 10.0. The van der Waals surface area contributed by atoms with Gasteiger partial charge in [0.05, 0.1) is 23.7 Å². The van der Waals surface area contributed by atoms with E-state index in [4.69, 9.17) is 13.8 Å². The minimum Gasteiger partial charge on any atom is -0.467 e. The molecule has 0 bridgehead atoms. The van der Waals surface area contributed by atoms with E-state index in [1.54, 1.807) is 23.0 Å². The van der Waals surface area contributed by atoms with Crippen molar-refractivity contribution in [2.24, 2.45) is 0 Å². The summed E-state index contributed by atoms with van der Waals surface area (Å²) in [5, 5.41) is 2.01. The van der Waals surface area contributed by atoms with E-state index in [0.717, 1.165) is 22.1 Å². The predicted molar refractivity (Wildman–Crippen MR) is 125 cm³/mol. The van der Waals surface area contributed by atoms with E-state index >= 15 is 0 Å². The van der Waals surface area contributed by atoms with Gasteiger partial charge >= 0.3 is 5.63 Å². The topological polar surface area (TPSA) is 78.2 Å². The Kier molecular flexibility index (Phi) is 5.19. The molecular formula is C25H20N2O4S. The molecule has 0 aliphatic heterocycles. The van der Waals surface area contributed by atoms with Gasteiger partial charge in [-0.05, 0) is 54.8 Å². The normalized spacial score (nSPS) is 11.4. The van der Waals surface area contributed by atoms with Gasteiger partial charge < -0.3 is 8.83 Å². The fraction of sp³-hybridized carbons (Fsp3) is 0.160. The highest BCUT2D eigenvalue weighted by molar-refractivity contribution is 7.98. The summed E-state index contributed by atoms with van der Waals surface area (Å²) in [6, 6.07) is 16.4. The largest absolute Gasteiger partial charge is 0.467 e. The van der Waals surface area contributed by atoms with E-state index in [-0.39, 0.29) is 17.7 Å². The van der Waals surface area contributed by atoms with Crippen LogP contribution in [0.5, 0.6) is 0 Å². The van der Waals surface area contributed by atoms with Gasteiger partial charge in [0.2, 0.25) is 0 Å². The zero-order chi connectivity index (χ0) is 22.2. The van der Waals surface area contributed by atoms with Crippen molar-refractivity contribution in [2.75, 3.05) is 0 Å². The minimum absolute atomic E-state index is 0.126. The van der Waals surface area contributed by atoms with E-state index < -0.39 is 0 Å². The first-order chi connectivity index (χ1) is 15.5. The minimum atomic E-state index is -0.388. The second-order valence-corrected chi connectivity index (χ2v) is 8.59. The van der Waals surface area contributed by atoms with Crippen LogP contribution in [0, 0.1) is 13.8 Å². The summed E-state index contributed by atoms with van der Waals surface area (Å²) in [4.78, 5) is 30.2. The number of thioether (sulfide) groups is 1. The molecule has 0 fully saturated rings. The molecule has 3 aromatic heterocycles. The van der Waals surface area contributed by atoms with Gasteiger partial charge in [-0.25, -0.2) is 9.78 Å². The number of fused-ring (bicyclic) bond motifs is 2. The Labute approximate surface area is 187 Å². The maximum atomic E-state index is 13.2. The molecular weight excluding hydrogens is 424 g/mol. The van der Waals surface area contributed by atoms with Crippen molar-refractivity contribution in [3.05, 3.63) is 104 Å². The molecule has 0 atom stereocenters. The molecule has 0 amide bonds. The summed E-state index contributed by atoms with van der Waals surface area (Å²) in [5.41, 5.74) is 3.59. The van der Waals surface area contributed by atoms with E-state index in [1.807, 2.05) is 50.2 Å². The lowest BCUT2D eigenvalue weighted by molar-refractivity contribution is 0.476. The molecule has 0 N–H and O–H groups in total. The van der Waals surface area contributed by atoms with Gasteiger partial charge in [0.25, 0.3) is 5.56 Å². The van der Waals surface area contributed by atoms with Crippen LogP contribution in [0.2, 0.25) is 0 Å². The van der Waals surface area contributed by atoms with E-state index in [2.05, 4.69) is 0 Å². The smallest absolute Gasteiger partial charge is 0.336 e. The highest BCUT2D eigenvalue weighted by Crippen LogP contribution is 2.28. The molecule has 2 aromatic carbocycles. The van der Waals surface area contributed by atoms with Crippen LogP contribution in [-0.4, -0.2) is 9.55 Å². The third kappa shape index (κ3) is 3.65. The third-order valence-electron chi connectivity index (χ3n) is 5.59. The number of aromatic nitrogens is 2. The Balaban J connectivity index is 1.59. The molecule has 3 heterocycles. The Morgan fingerprint density at radius 1 is 1.00 bits per heavy atom. The highest BCUT2D eigenvalue weighted by Gasteiger charge is 2.15. The number of benzene rings is 2. The third-order valence-corrected chi connectivity index (χ3v) is 6.62. The fourth-order valence-corrected chi connectivity index (χ4v) is 4.73. The second kappa shape index (κ2) is 8.16. The van der Waals surface area contributed by atoms with Crippen molar-refractivity contribution in [1.82, 2.24) is 9.55 Å². The van der Waals surface area contributed by atoms with Gasteiger partial charge in [-0.1, -0.05) is 36.0 Å². The van der Waals surface area contributed by atoms with Crippen LogP contribution >= 0.6 is 11.8 Å². The van der Waals surface area contributed by atoms with Gasteiger partial charge in [0.1, 0.15) is 11.3 Å². The van der Waals surface area contributed by atoms with Crippen molar-refractivity contribution in [1.29, 1.82) is 0 Å². The number of nitrogens with zero attached hydrogens (tertiary/aromatic N) is 2. The standard InChI is InChI=1S/C25H20N2O4S/c1-15-9-10-19-17(12-22(28)31-23(19)16(15)2)14-32-25-26-21-8-4-3-7-20(21)24(29)27(25)13-18-6-5-11-30-18/h3-12H,13-14H2,1-2H3. The second-order valence-electron chi connectivity index (χ2n) is 7.65. The Morgan fingerprint density at radius 2 is 1.84 bits per heavy atom. The molecule has 5 aromatic rings. The van der Waals surface area contributed by atoms with Gasteiger partial charge in [-0.3, -0.25) is 9.36 Å². The molecule has 6 nitrogen and oxygen atoms in total. The first-order valence-corrected chi connectivity index (χ1v) is 11.2. The summed E-state index contributed by atoms with van der Waals surface area (Å²) < 4.78 is 12.6. The van der Waals surface area contributed by atoms with Crippen LogP contribution in [0.15, 0.2) is 84.4 Å². The van der Waals surface area contributed by atoms with Crippen molar-refractivity contribution in [3.8, 4) is 0 Å².